The topological polar surface area (TPSA) is 115 Å². The zero-order valence-corrected chi connectivity index (χ0v) is 19.6. The second-order valence-electron chi connectivity index (χ2n) is 11.0. The number of nitrogens with one attached hydrogen (secondary N) is 1. The van der Waals surface area contributed by atoms with E-state index in [0.717, 1.165) is 62.1 Å². The van der Waals surface area contributed by atoms with E-state index in [2.05, 4.69) is 10.7 Å². The highest BCUT2D eigenvalue weighted by Crippen LogP contribution is 2.60. The molecule has 1 aromatic rings. The summed E-state index contributed by atoms with van der Waals surface area (Å²) >= 11 is 1.59. The Morgan fingerprint density at radius 1 is 1.21 bits per heavy atom. The molecule has 3 unspecified atom stereocenters. The number of nitrogens with zero attached hydrogens (tertiary/aromatic N) is 2. The van der Waals surface area contributed by atoms with Crippen molar-refractivity contribution in [2.24, 2.45) is 28.9 Å². The molecule has 0 aromatic carbocycles. The zero-order valence-electron chi connectivity index (χ0n) is 18.8. The molecule has 178 valence electrons. The standard InChI is InChI=1S/C24H32N4O4S/c25-22(30)24-9-13-6-15(10-24)20(16(7-13)11-24)32-23(31)28-5-1-2-18(28)21-27-17(12-33-21)14-3-4-26-19(29)8-14/h12-16,18,20H,1-11H2,(H2,25,30)(H,26,29)/t13?,14?,15?,16?,18-,20?,24?/m1/s1. The molecule has 4 atom stereocenters. The molecule has 4 aliphatic carbocycles. The van der Waals surface area contributed by atoms with Crippen molar-refractivity contribution >= 4 is 29.2 Å². The number of piperidine rings is 1. The van der Waals surface area contributed by atoms with Crippen molar-refractivity contribution in [2.75, 3.05) is 13.1 Å². The normalized spacial score (nSPS) is 39.5. The number of thiazole rings is 1. The summed E-state index contributed by atoms with van der Waals surface area (Å²) in [4.78, 5) is 44.0. The van der Waals surface area contributed by atoms with Crippen LogP contribution in [-0.2, 0) is 14.3 Å². The van der Waals surface area contributed by atoms with Gasteiger partial charge >= 0.3 is 6.09 Å². The quantitative estimate of drug-likeness (QED) is 0.699. The maximum atomic E-state index is 13.3. The fourth-order valence-electron chi connectivity index (χ4n) is 7.58. The van der Waals surface area contributed by atoms with Crippen LogP contribution in [0.2, 0.25) is 0 Å². The number of carbonyl (C=O) groups is 3. The van der Waals surface area contributed by atoms with Gasteiger partial charge in [0.2, 0.25) is 11.8 Å². The Kier molecular flexibility index (Phi) is 5.16. The lowest BCUT2D eigenvalue weighted by molar-refractivity contribution is -0.161. The molecule has 0 radical (unpaired) electrons. The van der Waals surface area contributed by atoms with E-state index in [4.69, 9.17) is 15.5 Å². The van der Waals surface area contributed by atoms with E-state index >= 15 is 0 Å². The van der Waals surface area contributed by atoms with Gasteiger partial charge in [-0.05, 0) is 69.1 Å². The second kappa shape index (κ2) is 7.96. The Labute approximate surface area is 197 Å². The fraction of sp³-hybridized carbons (Fsp3) is 0.750. The number of ether oxygens (including phenoxy) is 1. The van der Waals surface area contributed by atoms with Gasteiger partial charge in [-0.1, -0.05) is 0 Å². The van der Waals surface area contributed by atoms with Crippen molar-refractivity contribution in [1.29, 1.82) is 0 Å². The minimum Gasteiger partial charge on any atom is -0.445 e. The summed E-state index contributed by atoms with van der Waals surface area (Å²) in [5, 5.41) is 5.88. The average molecular weight is 473 g/mol. The monoisotopic (exact) mass is 472 g/mol. The summed E-state index contributed by atoms with van der Waals surface area (Å²) in [6, 6.07) is -0.0533. The minimum absolute atomic E-state index is 0.0533. The Bertz CT molecular complexity index is 963. The molecule has 4 bridgehead atoms. The predicted molar refractivity (Wildman–Crippen MR) is 121 cm³/mol. The summed E-state index contributed by atoms with van der Waals surface area (Å²) in [5.74, 6) is 1.12. The molecule has 8 nitrogen and oxygen atoms in total. The van der Waals surface area contributed by atoms with Gasteiger partial charge in [0.05, 0.1) is 17.2 Å². The van der Waals surface area contributed by atoms with Crippen LogP contribution in [0.5, 0.6) is 0 Å². The van der Waals surface area contributed by atoms with E-state index in [-0.39, 0.29) is 53.2 Å². The first kappa shape index (κ1) is 21.4. The van der Waals surface area contributed by atoms with E-state index < -0.39 is 0 Å². The highest BCUT2D eigenvalue weighted by Gasteiger charge is 2.59. The lowest BCUT2D eigenvalue weighted by atomic mass is 9.48. The van der Waals surface area contributed by atoms with Gasteiger partial charge in [-0.2, -0.15) is 0 Å². The molecule has 6 aliphatic rings. The van der Waals surface area contributed by atoms with Crippen LogP contribution in [0.4, 0.5) is 4.79 Å². The summed E-state index contributed by atoms with van der Waals surface area (Å²) in [6.45, 7) is 1.38. The van der Waals surface area contributed by atoms with E-state index in [1.165, 1.54) is 0 Å². The molecule has 2 saturated heterocycles. The SMILES string of the molecule is NC(=O)C12CC3CC(C1)C(OC(=O)N1CCC[C@@H]1c1nc(C4CCNC(=O)C4)cs1)C(C3)C2. The molecule has 4 saturated carbocycles. The maximum Gasteiger partial charge on any atom is 0.410 e. The fourth-order valence-corrected chi connectivity index (χ4v) is 8.62. The largest absolute Gasteiger partial charge is 0.445 e. The molecule has 7 rings (SSSR count). The van der Waals surface area contributed by atoms with Crippen molar-refractivity contribution in [3.05, 3.63) is 16.1 Å². The molecule has 6 fully saturated rings. The predicted octanol–water partition coefficient (Wildman–Crippen LogP) is 3.09. The minimum atomic E-state index is -0.372. The Balaban J connectivity index is 1.14. The summed E-state index contributed by atoms with van der Waals surface area (Å²) in [7, 11) is 0. The molecule has 0 spiro atoms. The van der Waals surface area contributed by atoms with Crippen molar-refractivity contribution in [3.8, 4) is 0 Å². The van der Waals surface area contributed by atoms with Crippen molar-refractivity contribution in [2.45, 2.75) is 75.9 Å². The van der Waals surface area contributed by atoms with Crippen LogP contribution in [0.3, 0.4) is 0 Å². The van der Waals surface area contributed by atoms with Crippen LogP contribution in [0, 0.1) is 23.2 Å². The third-order valence-electron chi connectivity index (χ3n) is 8.92. The van der Waals surface area contributed by atoms with Gasteiger partial charge in [0, 0.05) is 30.8 Å². The summed E-state index contributed by atoms with van der Waals surface area (Å²) < 4.78 is 6.18. The Hall–Kier alpha value is -2.16. The molecule has 3 amide bonds. The van der Waals surface area contributed by atoms with Crippen LogP contribution in [0.1, 0.15) is 80.4 Å². The third-order valence-corrected chi connectivity index (χ3v) is 9.89. The molecule has 33 heavy (non-hydrogen) atoms. The number of amides is 3. The van der Waals surface area contributed by atoms with Crippen molar-refractivity contribution in [3.63, 3.8) is 0 Å². The van der Waals surface area contributed by atoms with Gasteiger partial charge in [0.15, 0.2) is 0 Å². The smallest absolute Gasteiger partial charge is 0.410 e. The van der Waals surface area contributed by atoms with Gasteiger partial charge in [0.1, 0.15) is 11.1 Å². The molecular weight excluding hydrogens is 440 g/mol. The first-order valence-corrected chi connectivity index (χ1v) is 13.3. The van der Waals surface area contributed by atoms with Crippen LogP contribution < -0.4 is 11.1 Å². The van der Waals surface area contributed by atoms with Crippen molar-refractivity contribution < 1.29 is 19.1 Å². The third kappa shape index (κ3) is 3.63. The second-order valence-corrected chi connectivity index (χ2v) is 11.9. The van der Waals surface area contributed by atoms with Gasteiger partial charge < -0.3 is 15.8 Å². The first-order valence-electron chi connectivity index (χ1n) is 12.4. The summed E-state index contributed by atoms with van der Waals surface area (Å²) in [5.41, 5.74) is 6.40. The Morgan fingerprint density at radius 3 is 2.73 bits per heavy atom. The van der Waals surface area contributed by atoms with Crippen LogP contribution in [-0.4, -0.2) is 47.0 Å². The molecule has 1 aromatic heterocycles. The van der Waals surface area contributed by atoms with Crippen molar-refractivity contribution in [1.82, 2.24) is 15.2 Å². The number of hydrogen-bond acceptors (Lipinski definition) is 6. The van der Waals surface area contributed by atoms with E-state index in [0.29, 0.717) is 25.4 Å². The van der Waals surface area contributed by atoms with Gasteiger partial charge in [0.25, 0.3) is 0 Å². The zero-order chi connectivity index (χ0) is 22.7. The van der Waals surface area contributed by atoms with E-state index in [9.17, 15) is 14.4 Å². The first-order chi connectivity index (χ1) is 15.9. The molecule has 3 N–H and O–H groups in total. The number of aromatic nitrogens is 1. The van der Waals surface area contributed by atoms with E-state index in [1.807, 2.05) is 4.90 Å². The maximum absolute atomic E-state index is 13.3. The molecular formula is C24H32N4O4S. The molecule has 2 aliphatic heterocycles. The van der Waals surface area contributed by atoms with Crippen LogP contribution in [0.15, 0.2) is 5.38 Å². The average Bonchev–Trinajstić information content (AvgIpc) is 3.45. The van der Waals surface area contributed by atoms with Gasteiger partial charge in [-0.15, -0.1) is 11.3 Å². The van der Waals surface area contributed by atoms with Crippen LogP contribution >= 0.6 is 11.3 Å². The Morgan fingerprint density at radius 2 is 2.00 bits per heavy atom. The number of likely N-dealkylation sites (tertiary alicyclic amines) is 1. The van der Waals surface area contributed by atoms with Gasteiger partial charge in [-0.3, -0.25) is 14.5 Å². The molecule has 9 heteroatoms. The molecule has 3 heterocycles. The van der Waals surface area contributed by atoms with Gasteiger partial charge in [-0.25, -0.2) is 9.78 Å². The lowest BCUT2D eigenvalue weighted by Gasteiger charge is -2.58. The highest BCUT2D eigenvalue weighted by molar-refractivity contribution is 7.09. The number of rotatable bonds is 4. The lowest BCUT2D eigenvalue weighted by Crippen LogP contribution is -2.59. The van der Waals surface area contributed by atoms with E-state index in [1.54, 1.807) is 11.3 Å². The van der Waals surface area contributed by atoms with Crippen LogP contribution in [0.25, 0.3) is 0 Å². The number of hydrogen-bond donors (Lipinski definition) is 2. The number of primary amides is 1. The number of nitrogens with two attached hydrogens (primary N) is 1. The highest BCUT2D eigenvalue weighted by atomic mass is 32.1. The number of carbonyl (C=O) groups excluding carboxylic acids is 3. The summed E-state index contributed by atoms with van der Waals surface area (Å²) in [6.07, 6.45) is 7.40.